The predicted molar refractivity (Wildman–Crippen MR) is 102 cm³/mol. The molecule has 0 saturated heterocycles. The fourth-order valence-corrected chi connectivity index (χ4v) is 2.92. The standard InChI is InChI=1S/C20H20ClNO6/c1-2-22(11-13-3-6-17-18(9-13)27-8-7-26-17)19(24)12-28-20(25)15-10-14(21)4-5-16(15)23/h3-6,9-10,23H,2,7-8,11-12H2,1H3. The highest BCUT2D eigenvalue weighted by molar-refractivity contribution is 6.31. The van der Waals surface area contributed by atoms with E-state index in [-0.39, 0.29) is 22.2 Å². The van der Waals surface area contributed by atoms with Gasteiger partial charge in [-0.2, -0.15) is 0 Å². The van der Waals surface area contributed by atoms with Crippen LogP contribution in [0.1, 0.15) is 22.8 Å². The zero-order valence-electron chi connectivity index (χ0n) is 15.3. The van der Waals surface area contributed by atoms with Crippen molar-refractivity contribution in [1.29, 1.82) is 0 Å². The molecule has 0 unspecified atom stereocenters. The Bertz CT molecular complexity index is 885. The number of esters is 1. The fourth-order valence-electron chi connectivity index (χ4n) is 2.75. The van der Waals surface area contributed by atoms with Crippen LogP contribution in [-0.4, -0.2) is 48.2 Å². The number of aromatic hydroxyl groups is 1. The smallest absolute Gasteiger partial charge is 0.342 e. The van der Waals surface area contributed by atoms with E-state index in [0.29, 0.717) is 37.8 Å². The molecule has 0 fully saturated rings. The van der Waals surface area contributed by atoms with Gasteiger partial charge in [0, 0.05) is 18.1 Å². The van der Waals surface area contributed by atoms with Crippen molar-refractivity contribution in [2.75, 3.05) is 26.4 Å². The van der Waals surface area contributed by atoms with Gasteiger partial charge in [0.25, 0.3) is 5.91 Å². The number of ether oxygens (including phenoxy) is 3. The molecule has 2 aromatic carbocycles. The van der Waals surface area contributed by atoms with Crippen LogP contribution < -0.4 is 9.47 Å². The molecule has 1 heterocycles. The molecular formula is C20H20ClNO6. The van der Waals surface area contributed by atoms with Crippen molar-refractivity contribution in [2.45, 2.75) is 13.5 Å². The van der Waals surface area contributed by atoms with Crippen LogP contribution in [0.4, 0.5) is 0 Å². The number of fused-ring (bicyclic) bond motifs is 1. The van der Waals surface area contributed by atoms with E-state index in [1.807, 2.05) is 25.1 Å². The molecule has 8 heteroatoms. The van der Waals surface area contributed by atoms with Crippen molar-refractivity contribution in [3.05, 3.63) is 52.5 Å². The Morgan fingerprint density at radius 3 is 2.64 bits per heavy atom. The normalized spacial score (nSPS) is 12.4. The van der Waals surface area contributed by atoms with Crippen LogP contribution in [0.25, 0.3) is 0 Å². The molecule has 1 aliphatic heterocycles. The van der Waals surface area contributed by atoms with Crippen molar-refractivity contribution in [2.24, 2.45) is 0 Å². The number of hydrogen-bond donors (Lipinski definition) is 1. The first-order chi connectivity index (χ1) is 13.5. The molecule has 7 nitrogen and oxygen atoms in total. The summed E-state index contributed by atoms with van der Waals surface area (Å²) in [6.45, 7) is 3.17. The Balaban J connectivity index is 1.60. The van der Waals surface area contributed by atoms with E-state index >= 15 is 0 Å². The lowest BCUT2D eigenvalue weighted by Crippen LogP contribution is -2.34. The van der Waals surface area contributed by atoms with Crippen molar-refractivity contribution in [3.63, 3.8) is 0 Å². The number of benzene rings is 2. The van der Waals surface area contributed by atoms with Crippen LogP contribution >= 0.6 is 11.6 Å². The molecule has 148 valence electrons. The van der Waals surface area contributed by atoms with Crippen molar-refractivity contribution >= 4 is 23.5 Å². The Labute approximate surface area is 167 Å². The second-order valence-electron chi connectivity index (χ2n) is 6.12. The summed E-state index contributed by atoms with van der Waals surface area (Å²) in [6.07, 6.45) is 0. The summed E-state index contributed by atoms with van der Waals surface area (Å²) in [5.74, 6) is -0.101. The van der Waals surface area contributed by atoms with Gasteiger partial charge < -0.3 is 24.2 Å². The summed E-state index contributed by atoms with van der Waals surface area (Å²) in [5.41, 5.74) is 0.786. The van der Waals surface area contributed by atoms with E-state index in [2.05, 4.69) is 0 Å². The molecule has 2 aromatic rings. The Morgan fingerprint density at radius 1 is 1.14 bits per heavy atom. The van der Waals surface area contributed by atoms with Crippen LogP contribution in [0.15, 0.2) is 36.4 Å². The molecule has 0 aliphatic carbocycles. The molecular weight excluding hydrogens is 386 g/mol. The molecule has 1 amide bonds. The highest BCUT2D eigenvalue weighted by Crippen LogP contribution is 2.31. The summed E-state index contributed by atoms with van der Waals surface area (Å²) < 4.78 is 16.1. The van der Waals surface area contributed by atoms with Crippen LogP contribution in [0, 0.1) is 0 Å². The number of nitrogens with zero attached hydrogens (tertiary/aromatic N) is 1. The third-order valence-electron chi connectivity index (χ3n) is 4.22. The summed E-state index contributed by atoms with van der Waals surface area (Å²) in [7, 11) is 0. The molecule has 1 N–H and O–H groups in total. The monoisotopic (exact) mass is 405 g/mol. The third kappa shape index (κ3) is 4.67. The lowest BCUT2D eigenvalue weighted by molar-refractivity contribution is -0.134. The number of likely N-dealkylation sites (N-methyl/N-ethyl adjacent to an activating group) is 1. The minimum absolute atomic E-state index is 0.0878. The van der Waals surface area contributed by atoms with Crippen LogP contribution in [0.3, 0.4) is 0 Å². The highest BCUT2D eigenvalue weighted by Gasteiger charge is 2.19. The van der Waals surface area contributed by atoms with E-state index < -0.39 is 12.6 Å². The lowest BCUT2D eigenvalue weighted by Gasteiger charge is -2.23. The van der Waals surface area contributed by atoms with Gasteiger partial charge in [-0.05, 0) is 42.8 Å². The predicted octanol–water partition coefficient (Wildman–Crippen LogP) is 3.02. The largest absolute Gasteiger partial charge is 0.507 e. The van der Waals surface area contributed by atoms with Gasteiger partial charge in [0.1, 0.15) is 24.5 Å². The maximum absolute atomic E-state index is 12.5. The third-order valence-corrected chi connectivity index (χ3v) is 4.45. The first-order valence-corrected chi connectivity index (χ1v) is 9.17. The first kappa shape index (κ1) is 19.8. The molecule has 0 radical (unpaired) electrons. The van der Waals surface area contributed by atoms with E-state index in [1.54, 1.807) is 4.90 Å². The number of hydrogen-bond acceptors (Lipinski definition) is 6. The van der Waals surface area contributed by atoms with E-state index in [4.69, 9.17) is 25.8 Å². The summed E-state index contributed by atoms with van der Waals surface area (Å²) in [5, 5.41) is 10.0. The van der Waals surface area contributed by atoms with Crippen molar-refractivity contribution in [1.82, 2.24) is 4.90 Å². The SMILES string of the molecule is CCN(Cc1ccc2c(c1)OCCO2)C(=O)COC(=O)c1cc(Cl)ccc1O. The highest BCUT2D eigenvalue weighted by atomic mass is 35.5. The molecule has 1 aliphatic rings. The van der Waals surface area contributed by atoms with E-state index in [0.717, 1.165) is 5.56 Å². The maximum Gasteiger partial charge on any atom is 0.342 e. The van der Waals surface area contributed by atoms with E-state index in [1.165, 1.54) is 18.2 Å². The minimum atomic E-state index is -0.816. The summed E-state index contributed by atoms with van der Waals surface area (Å²) in [6, 6.07) is 9.53. The molecule has 0 saturated carbocycles. The Hall–Kier alpha value is -2.93. The van der Waals surface area contributed by atoms with Gasteiger partial charge in [-0.3, -0.25) is 4.79 Å². The molecule has 0 bridgehead atoms. The second kappa shape index (κ2) is 8.84. The van der Waals surface area contributed by atoms with Gasteiger partial charge in [-0.25, -0.2) is 4.79 Å². The van der Waals surface area contributed by atoms with Gasteiger partial charge in [0.2, 0.25) is 0 Å². The molecule has 0 atom stereocenters. The average Bonchev–Trinajstić information content (AvgIpc) is 2.71. The van der Waals surface area contributed by atoms with Crippen LogP contribution in [0.5, 0.6) is 17.2 Å². The Morgan fingerprint density at radius 2 is 1.89 bits per heavy atom. The minimum Gasteiger partial charge on any atom is -0.507 e. The van der Waals surface area contributed by atoms with Gasteiger partial charge in [-0.15, -0.1) is 0 Å². The zero-order valence-corrected chi connectivity index (χ0v) is 16.1. The van der Waals surface area contributed by atoms with Crippen molar-refractivity contribution in [3.8, 4) is 17.2 Å². The van der Waals surface area contributed by atoms with E-state index in [9.17, 15) is 14.7 Å². The van der Waals surface area contributed by atoms with Gasteiger partial charge >= 0.3 is 5.97 Å². The fraction of sp³-hybridized carbons (Fsp3) is 0.300. The van der Waals surface area contributed by atoms with Crippen molar-refractivity contribution < 1.29 is 28.9 Å². The summed E-state index contributed by atoms with van der Waals surface area (Å²) in [4.78, 5) is 26.1. The number of carbonyl (C=O) groups excluding carboxylic acids is 2. The molecule has 28 heavy (non-hydrogen) atoms. The van der Waals surface area contributed by atoms with Gasteiger partial charge in [0.05, 0.1) is 0 Å². The lowest BCUT2D eigenvalue weighted by atomic mass is 10.1. The van der Waals surface area contributed by atoms with Gasteiger partial charge in [0.15, 0.2) is 18.1 Å². The second-order valence-corrected chi connectivity index (χ2v) is 6.56. The van der Waals surface area contributed by atoms with Crippen LogP contribution in [-0.2, 0) is 16.1 Å². The number of rotatable bonds is 6. The number of amides is 1. The first-order valence-electron chi connectivity index (χ1n) is 8.80. The number of halogens is 1. The zero-order chi connectivity index (χ0) is 20.1. The maximum atomic E-state index is 12.5. The number of phenolic OH excluding ortho intramolecular Hbond substituents is 1. The molecule has 0 spiro atoms. The van der Waals surface area contributed by atoms with Crippen LogP contribution in [0.2, 0.25) is 5.02 Å². The molecule has 0 aromatic heterocycles. The summed E-state index contributed by atoms with van der Waals surface area (Å²) >= 11 is 5.82. The van der Waals surface area contributed by atoms with Gasteiger partial charge in [-0.1, -0.05) is 17.7 Å². The number of carbonyl (C=O) groups is 2. The quantitative estimate of drug-likeness (QED) is 0.743. The topological polar surface area (TPSA) is 85.3 Å². The average molecular weight is 406 g/mol. The molecule has 3 rings (SSSR count). The Kier molecular flexibility index (Phi) is 6.26. The number of phenols is 1.